The zero-order valence-electron chi connectivity index (χ0n) is 4.54. The Hall–Kier alpha value is 1.10. The molecular formula is C5H10SiZr+2. The molecule has 1 saturated heterocycles. The second-order valence-corrected chi connectivity index (χ2v) is 9.59. The van der Waals surface area contributed by atoms with Crippen LogP contribution >= 0.6 is 0 Å². The van der Waals surface area contributed by atoms with Gasteiger partial charge in [0.2, 0.25) is 0 Å². The monoisotopic (exact) mass is 188 g/mol. The fourth-order valence-corrected chi connectivity index (χ4v) is 5.19. The van der Waals surface area contributed by atoms with Crippen LogP contribution in [-0.2, 0) is 23.3 Å². The second-order valence-electron chi connectivity index (χ2n) is 2.16. The van der Waals surface area contributed by atoms with E-state index in [2.05, 4.69) is 0 Å². The van der Waals surface area contributed by atoms with Crippen LogP contribution in [0, 0.1) is 0 Å². The van der Waals surface area contributed by atoms with E-state index in [1.165, 1.54) is 6.42 Å². The van der Waals surface area contributed by atoms with Gasteiger partial charge in [0.1, 0.15) is 0 Å². The fourth-order valence-electron chi connectivity index (χ4n) is 0.979. The molecule has 2 heteroatoms. The molecule has 1 aliphatic rings. The minimum atomic E-state index is 0.297. The summed E-state index contributed by atoms with van der Waals surface area (Å²) in [6.07, 6.45) is 4.64. The van der Waals surface area contributed by atoms with Crippen LogP contribution in [0.15, 0.2) is 0 Å². The van der Waals surface area contributed by atoms with Crippen molar-refractivity contribution in [1.29, 1.82) is 0 Å². The molecule has 0 bridgehead atoms. The van der Waals surface area contributed by atoms with E-state index in [4.69, 9.17) is 0 Å². The Balaban J connectivity index is 2.25. The van der Waals surface area contributed by atoms with Crippen LogP contribution in [0.4, 0.5) is 0 Å². The molecule has 1 aliphatic heterocycles. The van der Waals surface area contributed by atoms with Gasteiger partial charge in [-0.05, 0) is 0 Å². The maximum absolute atomic E-state index is 1.87. The zero-order chi connectivity index (χ0) is 5.11. The SMILES string of the molecule is [Zr+2]=[Si]1CCCCC1. The Bertz CT molecular complexity index is 72.1. The third kappa shape index (κ3) is 2.23. The molecule has 0 unspecified atom stereocenters. The first-order chi connectivity index (χ1) is 3.39. The molecule has 0 amide bonds. The van der Waals surface area contributed by atoms with E-state index < -0.39 is 0 Å². The fraction of sp³-hybridized carbons (Fsp3) is 1.00. The Morgan fingerprint density at radius 2 is 1.57 bits per heavy atom. The summed E-state index contributed by atoms with van der Waals surface area (Å²) in [5.74, 6) is 0. The summed E-state index contributed by atoms with van der Waals surface area (Å²) < 4.78 is 0. The van der Waals surface area contributed by atoms with E-state index >= 15 is 0 Å². The molecule has 1 heterocycles. The van der Waals surface area contributed by atoms with Crippen molar-refractivity contribution in [3.05, 3.63) is 0 Å². The zero-order valence-corrected chi connectivity index (χ0v) is 7.99. The molecule has 0 aliphatic carbocycles. The van der Waals surface area contributed by atoms with Gasteiger partial charge in [-0.1, -0.05) is 0 Å². The van der Waals surface area contributed by atoms with Gasteiger partial charge in [-0.25, -0.2) is 0 Å². The molecule has 1 rings (SSSR count). The number of hydrogen-bond donors (Lipinski definition) is 0. The van der Waals surface area contributed by atoms with Crippen molar-refractivity contribution in [2.75, 3.05) is 0 Å². The first kappa shape index (κ1) is 6.22. The summed E-state index contributed by atoms with van der Waals surface area (Å²) in [5, 5.41) is 0. The molecule has 36 valence electrons. The van der Waals surface area contributed by atoms with Crippen molar-refractivity contribution in [3.63, 3.8) is 0 Å². The van der Waals surface area contributed by atoms with Crippen molar-refractivity contribution in [1.82, 2.24) is 0 Å². The second kappa shape index (κ2) is 3.19. The van der Waals surface area contributed by atoms with Crippen LogP contribution in [0.5, 0.6) is 0 Å². The molecule has 0 radical (unpaired) electrons. The van der Waals surface area contributed by atoms with Gasteiger partial charge < -0.3 is 0 Å². The minimum absolute atomic E-state index is 0.297. The van der Waals surface area contributed by atoms with Crippen molar-refractivity contribution in [2.24, 2.45) is 0 Å². The van der Waals surface area contributed by atoms with E-state index in [0.717, 1.165) is 0 Å². The Morgan fingerprint density at radius 1 is 1.00 bits per heavy atom. The van der Waals surface area contributed by atoms with Crippen LogP contribution in [0.2, 0.25) is 12.1 Å². The van der Waals surface area contributed by atoms with E-state index in [-0.39, 0.29) is 0 Å². The van der Waals surface area contributed by atoms with E-state index in [9.17, 15) is 0 Å². The first-order valence-electron chi connectivity index (χ1n) is 2.96. The third-order valence-electron chi connectivity index (χ3n) is 1.46. The molecule has 0 aromatic rings. The maximum atomic E-state index is 1.87. The first-order valence-corrected chi connectivity index (χ1v) is 8.56. The Labute approximate surface area is 60.1 Å². The van der Waals surface area contributed by atoms with Gasteiger partial charge >= 0.3 is 60.1 Å². The van der Waals surface area contributed by atoms with E-state index in [1.807, 2.05) is 23.3 Å². The van der Waals surface area contributed by atoms with Crippen LogP contribution in [0.1, 0.15) is 19.3 Å². The summed E-state index contributed by atoms with van der Waals surface area (Å²) in [6, 6.07) is 3.26. The van der Waals surface area contributed by atoms with Crippen molar-refractivity contribution < 1.29 is 23.3 Å². The molecule has 0 atom stereocenters. The van der Waals surface area contributed by atoms with Crippen LogP contribution < -0.4 is 0 Å². The normalized spacial score (nSPS) is 22.9. The molecule has 0 aromatic carbocycles. The third-order valence-corrected chi connectivity index (χ3v) is 7.06. The van der Waals surface area contributed by atoms with Crippen LogP contribution in [0.3, 0.4) is 0 Å². The van der Waals surface area contributed by atoms with Gasteiger partial charge in [-0.2, -0.15) is 0 Å². The molecular weight excluding hydrogens is 179 g/mol. The topological polar surface area (TPSA) is 0 Å². The standard InChI is InChI=1S/C5H10Si.Zr/c1-2-4-6-5-3-1;/h1-5H2;/q;+2. The summed E-state index contributed by atoms with van der Waals surface area (Å²) >= 11 is 1.87. The molecule has 0 aromatic heterocycles. The van der Waals surface area contributed by atoms with Gasteiger partial charge in [0.15, 0.2) is 0 Å². The van der Waals surface area contributed by atoms with Gasteiger partial charge in [0, 0.05) is 0 Å². The molecule has 0 nitrogen and oxygen atoms in total. The Kier molecular flexibility index (Phi) is 2.84. The van der Waals surface area contributed by atoms with E-state index in [1.54, 1.807) is 24.9 Å². The summed E-state index contributed by atoms with van der Waals surface area (Å²) in [6.45, 7) is 0. The average Bonchev–Trinajstić information content (AvgIpc) is 1.69. The molecule has 0 N–H and O–H groups in total. The van der Waals surface area contributed by atoms with Gasteiger partial charge in [0.25, 0.3) is 0 Å². The van der Waals surface area contributed by atoms with Crippen molar-refractivity contribution in [3.8, 4) is 0 Å². The molecule has 0 saturated carbocycles. The van der Waals surface area contributed by atoms with Gasteiger partial charge in [0.05, 0.1) is 0 Å². The van der Waals surface area contributed by atoms with Crippen LogP contribution in [0.25, 0.3) is 0 Å². The van der Waals surface area contributed by atoms with Crippen molar-refractivity contribution >= 4 is 5.43 Å². The van der Waals surface area contributed by atoms with Gasteiger partial charge in [-0.15, -0.1) is 0 Å². The Morgan fingerprint density at radius 3 is 1.86 bits per heavy atom. The van der Waals surface area contributed by atoms with Gasteiger partial charge in [-0.3, -0.25) is 0 Å². The number of hydrogen-bond acceptors (Lipinski definition) is 0. The number of rotatable bonds is 0. The average molecular weight is 189 g/mol. The van der Waals surface area contributed by atoms with Crippen LogP contribution in [-0.4, -0.2) is 5.43 Å². The quantitative estimate of drug-likeness (QED) is 0.509. The molecule has 1 fully saturated rings. The van der Waals surface area contributed by atoms with Crippen molar-refractivity contribution in [2.45, 2.75) is 31.4 Å². The predicted octanol–water partition coefficient (Wildman–Crippen LogP) is 1.71. The molecule has 7 heavy (non-hydrogen) atoms. The predicted molar refractivity (Wildman–Crippen MR) is 29.2 cm³/mol. The van der Waals surface area contributed by atoms with E-state index in [0.29, 0.717) is 5.43 Å². The summed E-state index contributed by atoms with van der Waals surface area (Å²) in [7, 11) is 0. The summed E-state index contributed by atoms with van der Waals surface area (Å²) in [5.41, 5.74) is 0.297. The molecule has 0 spiro atoms. The summed E-state index contributed by atoms with van der Waals surface area (Å²) in [4.78, 5) is 0.